The van der Waals surface area contributed by atoms with Crippen molar-refractivity contribution in [3.63, 3.8) is 0 Å². The summed E-state index contributed by atoms with van der Waals surface area (Å²) in [5, 5.41) is 9.62. The van der Waals surface area contributed by atoms with E-state index in [0.29, 0.717) is 23.6 Å². The van der Waals surface area contributed by atoms with Crippen molar-refractivity contribution in [3.8, 4) is 0 Å². The van der Waals surface area contributed by atoms with Crippen molar-refractivity contribution >= 4 is 23.3 Å². The molecule has 0 saturated carbocycles. The summed E-state index contributed by atoms with van der Waals surface area (Å²) >= 11 is 0. The number of carboxylic acid groups (broad SMARTS) is 1. The van der Waals surface area contributed by atoms with Gasteiger partial charge in [-0.05, 0) is 33.0 Å². The molecule has 1 N–H and O–H groups in total. The Morgan fingerprint density at radius 1 is 1.30 bits per heavy atom. The number of nitrogens with zero attached hydrogens (tertiary/aromatic N) is 3. The number of fused-ring (bicyclic) bond motifs is 1. The topological polar surface area (TPSA) is 73.2 Å². The highest BCUT2D eigenvalue weighted by Gasteiger charge is 2.44. The lowest BCUT2D eigenvalue weighted by Crippen LogP contribution is -2.62. The van der Waals surface area contributed by atoms with Crippen molar-refractivity contribution in [2.75, 3.05) is 26.7 Å². The Labute approximate surface area is 135 Å². The van der Waals surface area contributed by atoms with Crippen LogP contribution in [0.15, 0.2) is 29.3 Å². The lowest BCUT2D eigenvalue weighted by atomic mass is 9.88. The molecule has 2 aliphatic rings. The van der Waals surface area contributed by atoms with Gasteiger partial charge in [-0.25, -0.2) is 4.99 Å². The van der Waals surface area contributed by atoms with E-state index in [1.165, 1.54) is 0 Å². The van der Waals surface area contributed by atoms with Gasteiger partial charge < -0.3 is 14.9 Å². The van der Waals surface area contributed by atoms with Crippen molar-refractivity contribution in [2.45, 2.75) is 19.4 Å². The van der Waals surface area contributed by atoms with E-state index in [4.69, 9.17) is 0 Å². The third-order valence-corrected chi connectivity index (χ3v) is 4.54. The summed E-state index contributed by atoms with van der Waals surface area (Å²) < 4.78 is 0. The fourth-order valence-electron chi connectivity index (χ4n) is 3.50. The summed E-state index contributed by atoms with van der Waals surface area (Å²) in [6.07, 6.45) is 0. The van der Waals surface area contributed by atoms with Crippen molar-refractivity contribution in [1.82, 2.24) is 9.80 Å². The number of rotatable bonds is 1. The van der Waals surface area contributed by atoms with Gasteiger partial charge in [0.1, 0.15) is 5.84 Å². The summed E-state index contributed by atoms with van der Waals surface area (Å²) in [5.41, 5.74) is 0.654. The highest BCUT2D eigenvalue weighted by Crippen LogP contribution is 2.33. The standard InChI is InChI=1S/C17H21N3O3/c1-17(2)10-19(3)8-9-20(17)15-13(16(22)23)14(21)11-6-4-5-7-12(11)18-15/h4-7,13H,8-10H2,1-3H3,(H,22,23). The Morgan fingerprint density at radius 3 is 2.65 bits per heavy atom. The van der Waals surface area contributed by atoms with Gasteiger partial charge in [-0.2, -0.15) is 0 Å². The van der Waals surface area contributed by atoms with Crippen LogP contribution in [0.3, 0.4) is 0 Å². The second-order valence-corrected chi connectivity index (χ2v) is 6.82. The van der Waals surface area contributed by atoms with Crippen LogP contribution in [-0.2, 0) is 4.79 Å². The quantitative estimate of drug-likeness (QED) is 0.798. The molecule has 0 aliphatic carbocycles. The first-order chi connectivity index (χ1) is 10.8. The molecule has 1 aromatic rings. The summed E-state index contributed by atoms with van der Waals surface area (Å²) in [4.78, 5) is 33.2. The first-order valence-corrected chi connectivity index (χ1v) is 7.72. The molecule has 1 fully saturated rings. The van der Waals surface area contributed by atoms with E-state index >= 15 is 0 Å². The molecule has 0 spiro atoms. The molecule has 0 amide bonds. The van der Waals surface area contributed by atoms with Crippen LogP contribution < -0.4 is 0 Å². The Morgan fingerprint density at radius 2 is 2.00 bits per heavy atom. The van der Waals surface area contributed by atoms with Gasteiger partial charge in [-0.1, -0.05) is 12.1 Å². The first-order valence-electron chi connectivity index (χ1n) is 7.72. The van der Waals surface area contributed by atoms with Crippen molar-refractivity contribution < 1.29 is 14.7 Å². The third kappa shape index (κ3) is 2.63. The number of Topliss-reactive ketones (excluding diaryl/α,β-unsaturated/α-hetero) is 1. The lowest BCUT2D eigenvalue weighted by Gasteiger charge is -2.49. The number of piperazine rings is 1. The van der Waals surface area contributed by atoms with Crippen molar-refractivity contribution in [2.24, 2.45) is 10.9 Å². The number of aliphatic carboxylic acids is 1. The molecule has 3 rings (SSSR count). The summed E-state index contributed by atoms with van der Waals surface area (Å²) in [5.74, 6) is -2.39. The average Bonchev–Trinajstić information content (AvgIpc) is 2.45. The number of carbonyl (C=O) groups is 2. The van der Waals surface area contributed by atoms with Crippen LogP contribution >= 0.6 is 0 Å². The minimum Gasteiger partial charge on any atom is -0.480 e. The number of hydrogen-bond acceptors (Lipinski definition) is 5. The van der Waals surface area contributed by atoms with Crippen LogP contribution in [0.2, 0.25) is 0 Å². The number of benzene rings is 1. The fourth-order valence-corrected chi connectivity index (χ4v) is 3.50. The SMILES string of the molecule is CN1CCN(C2=Nc3ccccc3C(=O)C2C(=O)O)C(C)(C)C1. The van der Waals surface area contributed by atoms with Gasteiger partial charge in [0.05, 0.1) is 5.69 Å². The molecule has 122 valence electrons. The number of carboxylic acids is 1. The van der Waals surface area contributed by atoms with Crippen molar-refractivity contribution in [1.29, 1.82) is 0 Å². The lowest BCUT2D eigenvalue weighted by molar-refractivity contribution is -0.138. The van der Waals surface area contributed by atoms with E-state index in [1.54, 1.807) is 18.2 Å². The normalized spacial score (nSPS) is 24.1. The van der Waals surface area contributed by atoms with Gasteiger partial charge in [0.15, 0.2) is 11.7 Å². The van der Waals surface area contributed by atoms with E-state index in [2.05, 4.69) is 23.7 Å². The maximum absolute atomic E-state index is 12.7. The molecule has 0 radical (unpaired) electrons. The molecule has 23 heavy (non-hydrogen) atoms. The number of carbonyl (C=O) groups excluding carboxylic acids is 1. The molecular weight excluding hydrogens is 294 g/mol. The zero-order valence-corrected chi connectivity index (χ0v) is 13.6. The molecule has 6 nitrogen and oxygen atoms in total. The molecule has 1 atom stereocenters. The zero-order valence-electron chi connectivity index (χ0n) is 13.6. The molecule has 1 aromatic carbocycles. The molecule has 2 aliphatic heterocycles. The molecule has 6 heteroatoms. The fraction of sp³-hybridized carbons (Fsp3) is 0.471. The summed E-state index contributed by atoms with van der Waals surface area (Å²) in [6, 6.07) is 6.94. The minimum absolute atomic E-state index is 0.286. The van der Waals surface area contributed by atoms with Crippen LogP contribution in [0.4, 0.5) is 5.69 Å². The van der Waals surface area contributed by atoms with Gasteiger partial charge in [-0.15, -0.1) is 0 Å². The predicted molar refractivity (Wildman–Crippen MR) is 87.3 cm³/mol. The Kier molecular flexibility index (Phi) is 3.72. The van der Waals surface area contributed by atoms with Crippen LogP contribution in [0.5, 0.6) is 0 Å². The molecule has 0 bridgehead atoms. The van der Waals surface area contributed by atoms with Gasteiger partial charge in [-0.3, -0.25) is 9.59 Å². The van der Waals surface area contributed by atoms with Gasteiger partial charge in [0, 0.05) is 30.7 Å². The molecular formula is C17H21N3O3. The Balaban J connectivity index is 2.10. The molecule has 2 heterocycles. The smallest absolute Gasteiger partial charge is 0.322 e. The molecule has 1 unspecified atom stereocenters. The van der Waals surface area contributed by atoms with Gasteiger partial charge >= 0.3 is 5.97 Å². The van der Waals surface area contributed by atoms with Crippen LogP contribution in [0.1, 0.15) is 24.2 Å². The van der Waals surface area contributed by atoms with Gasteiger partial charge in [0.2, 0.25) is 0 Å². The number of para-hydroxylation sites is 1. The third-order valence-electron chi connectivity index (χ3n) is 4.54. The maximum atomic E-state index is 12.7. The number of ketones is 1. The van der Waals surface area contributed by atoms with E-state index in [9.17, 15) is 14.7 Å². The maximum Gasteiger partial charge on any atom is 0.322 e. The monoisotopic (exact) mass is 315 g/mol. The summed E-state index contributed by atoms with van der Waals surface area (Å²) in [7, 11) is 2.04. The second-order valence-electron chi connectivity index (χ2n) is 6.82. The number of hydrogen-bond donors (Lipinski definition) is 1. The Bertz CT molecular complexity index is 696. The van der Waals surface area contributed by atoms with E-state index in [-0.39, 0.29) is 11.3 Å². The second kappa shape index (κ2) is 5.45. The van der Waals surface area contributed by atoms with E-state index < -0.39 is 11.9 Å². The Hall–Kier alpha value is -2.21. The number of amidine groups is 1. The average molecular weight is 315 g/mol. The van der Waals surface area contributed by atoms with E-state index in [1.807, 2.05) is 18.0 Å². The van der Waals surface area contributed by atoms with Crippen LogP contribution in [-0.4, -0.2) is 64.7 Å². The van der Waals surface area contributed by atoms with Crippen molar-refractivity contribution in [3.05, 3.63) is 29.8 Å². The highest BCUT2D eigenvalue weighted by atomic mass is 16.4. The minimum atomic E-state index is -1.23. The first kappa shape index (κ1) is 15.7. The molecule has 0 aromatic heterocycles. The zero-order chi connectivity index (χ0) is 16.8. The number of likely N-dealkylation sites (N-methyl/N-ethyl adjacent to an activating group) is 1. The molecule has 1 saturated heterocycles. The largest absolute Gasteiger partial charge is 0.480 e. The predicted octanol–water partition coefficient (Wildman–Crippen LogP) is 1.64. The summed E-state index contributed by atoms with van der Waals surface area (Å²) in [6.45, 7) is 6.35. The van der Waals surface area contributed by atoms with Crippen LogP contribution in [0.25, 0.3) is 0 Å². The van der Waals surface area contributed by atoms with Crippen LogP contribution in [0, 0.1) is 5.92 Å². The van der Waals surface area contributed by atoms with Gasteiger partial charge in [0.25, 0.3) is 0 Å². The van der Waals surface area contributed by atoms with E-state index in [0.717, 1.165) is 13.1 Å². The highest BCUT2D eigenvalue weighted by molar-refractivity contribution is 6.26. The number of aliphatic imine (C=N–C) groups is 1.